The van der Waals surface area contributed by atoms with Gasteiger partial charge in [0.1, 0.15) is 4.90 Å². The highest BCUT2D eigenvalue weighted by molar-refractivity contribution is 9.10. The van der Waals surface area contributed by atoms with Gasteiger partial charge in [-0.1, -0.05) is 6.07 Å². The zero-order valence-corrected chi connectivity index (χ0v) is 19.2. The molecular formula is C21H25BrN2O3S. The van der Waals surface area contributed by atoms with Crippen LogP contribution < -0.4 is 9.21 Å². The Morgan fingerprint density at radius 1 is 1.21 bits per heavy atom. The molecule has 2 aromatic rings. The Hall–Kier alpha value is -1.86. The van der Waals surface area contributed by atoms with Crippen LogP contribution in [0.2, 0.25) is 0 Å². The van der Waals surface area contributed by atoms with Crippen molar-refractivity contribution in [3.05, 3.63) is 51.5 Å². The van der Waals surface area contributed by atoms with E-state index in [2.05, 4.69) is 15.9 Å². The number of hydrogen-bond donors (Lipinski definition) is 0. The molecule has 1 heterocycles. The minimum atomic E-state index is -3.80. The van der Waals surface area contributed by atoms with Gasteiger partial charge >= 0.3 is 0 Å². The first-order valence-electron chi connectivity index (χ1n) is 9.30. The van der Waals surface area contributed by atoms with Crippen LogP contribution in [0.4, 0.5) is 11.4 Å². The lowest BCUT2D eigenvalue weighted by atomic mass is 10.1. The van der Waals surface area contributed by atoms with Gasteiger partial charge in [-0.3, -0.25) is 9.10 Å². The van der Waals surface area contributed by atoms with E-state index < -0.39 is 10.0 Å². The molecular weight excluding hydrogens is 440 g/mol. The number of carbonyl (C=O) groups excluding carboxylic acids is 1. The van der Waals surface area contributed by atoms with Crippen molar-refractivity contribution in [1.29, 1.82) is 0 Å². The van der Waals surface area contributed by atoms with Crippen molar-refractivity contribution in [2.24, 2.45) is 0 Å². The molecule has 1 amide bonds. The van der Waals surface area contributed by atoms with E-state index in [1.807, 2.05) is 52.0 Å². The molecule has 3 rings (SSSR count). The number of rotatable bonds is 4. The number of halogens is 1. The fourth-order valence-electron chi connectivity index (χ4n) is 3.79. The third kappa shape index (κ3) is 3.46. The Balaban J connectivity index is 2.13. The third-order valence-corrected chi connectivity index (χ3v) is 8.18. The zero-order chi connectivity index (χ0) is 20.8. The lowest BCUT2D eigenvalue weighted by Crippen LogP contribution is -2.34. The van der Waals surface area contributed by atoms with Crippen LogP contribution >= 0.6 is 15.9 Å². The lowest BCUT2D eigenvalue weighted by molar-refractivity contribution is -0.116. The first-order valence-corrected chi connectivity index (χ1v) is 11.5. The van der Waals surface area contributed by atoms with E-state index in [0.717, 1.165) is 16.7 Å². The largest absolute Gasteiger partial charge is 0.309 e. The second kappa shape index (κ2) is 7.52. The van der Waals surface area contributed by atoms with Crippen molar-refractivity contribution < 1.29 is 13.2 Å². The molecule has 5 nitrogen and oxygen atoms in total. The van der Waals surface area contributed by atoms with E-state index in [1.54, 1.807) is 11.0 Å². The highest BCUT2D eigenvalue weighted by Gasteiger charge is 2.33. The molecule has 7 heteroatoms. The summed E-state index contributed by atoms with van der Waals surface area (Å²) in [5.74, 6) is -0.0848. The highest BCUT2D eigenvalue weighted by atomic mass is 79.9. The summed E-state index contributed by atoms with van der Waals surface area (Å²) in [5, 5.41) is 0. The minimum absolute atomic E-state index is 0.0133. The predicted molar refractivity (Wildman–Crippen MR) is 117 cm³/mol. The van der Waals surface area contributed by atoms with E-state index >= 15 is 0 Å². The number of amides is 1. The smallest absolute Gasteiger partial charge is 0.265 e. The van der Waals surface area contributed by atoms with Crippen molar-refractivity contribution >= 4 is 43.2 Å². The second-order valence-corrected chi connectivity index (χ2v) is 9.98. The van der Waals surface area contributed by atoms with Crippen molar-refractivity contribution in [3.8, 4) is 0 Å². The van der Waals surface area contributed by atoms with Gasteiger partial charge in [-0.2, -0.15) is 0 Å². The van der Waals surface area contributed by atoms with Gasteiger partial charge in [0.2, 0.25) is 5.91 Å². The minimum Gasteiger partial charge on any atom is -0.309 e. The zero-order valence-electron chi connectivity index (χ0n) is 16.8. The molecule has 2 aromatic carbocycles. The Morgan fingerprint density at radius 3 is 2.46 bits per heavy atom. The van der Waals surface area contributed by atoms with Crippen LogP contribution in [0.15, 0.2) is 39.7 Å². The summed E-state index contributed by atoms with van der Waals surface area (Å²) in [6.07, 6.45) is 0.711. The summed E-state index contributed by atoms with van der Waals surface area (Å²) in [6.45, 7) is 9.57. The summed E-state index contributed by atoms with van der Waals surface area (Å²) < 4.78 is 29.0. The molecule has 0 bridgehead atoms. The summed E-state index contributed by atoms with van der Waals surface area (Å²) in [5.41, 5.74) is 4.44. The maximum Gasteiger partial charge on any atom is 0.265 e. The molecule has 0 saturated heterocycles. The van der Waals surface area contributed by atoms with Crippen molar-refractivity contribution in [2.75, 3.05) is 15.7 Å². The second-order valence-electron chi connectivity index (χ2n) is 7.29. The van der Waals surface area contributed by atoms with E-state index in [9.17, 15) is 13.2 Å². The molecule has 0 aliphatic carbocycles. The predicted octanol–water partition coefficient (Wildman–Crippen LogP) is 4.58. The molecule has 0 spiro atoms. The fraction of sp³-hybridized carbons (Fsp3) is 0.381. The van der Waals surface area contributed by atoms with Gasteiger partial charge in [0.15, 0.2) is 0 Å². The van der Waals surface area contributed by atoms with Gasteiger partial charge < -0.3 is 4.90 Å². The number of fused-ring (bicyclic) bond motifs is 1. The standard InChI is InChI=1S/C21H25BrN2O3S/c1-6-23(18-8-7-13(2)14(3)9-18)28(26,27)21-12-20-17(11-19(21)22)10-15(4)24(20)16(5)25/h7-9,11-12,15H,6,10H2,1-5H3. The van der Waals surface area contributed by atoms with Crippen LogP contribution in [-0.4, -0.2) is 26.9 Å². The van der Waals surface area contributed by atoms with Crippen LogP contribution in [0.1, 0.15) is 37.5 Å². The molecule has 1 aliphatic heterocycles. The number of benzene rings is 2. The van der Waals surface area contributed by atoms with Crippen LogP contribution in [0.25, 0.3) is 0 Å². The molecule has 0 radical (unpaired) electrons. The van der Waals surface area contributed by atoms with Gasteiger partial charge in [-0.15, -0.1) is 0 Å². The van der Waals surface area contributed by atoms with Gasteiger partial charge in [0, 0.05) is 29.7 Å². The van der Waals surface area contributed by atoms with Gasteiger partial charge in [-0.25, -0.2) is 8.42 Å². The number of carbonyl (C=O) groups is 1. The monoisotopic (exact) mass is 464 g/mol. The average Bonchev–Trinajstić information content (AvgIpc) is 2.92. The first-order chi connectivity index (χ1) is 13.1. The third-order valence-electron chi connectivity index (χ3n) is 5.32. The number of aryl methyl sites for hydroxylation is 2. The fourth-order valence-corrected chi connectivity index (χ4v) is 6.33. The number of nitrogens with zero attached hydrogens (tertiary/aromatic N) is 2. The molecule has 28 heavy (non-hydrogen) atoms. The highest BCUT2D eigenvalue weighted by Crippen LogP contribution is 2.39. The van der Waals surface area contributed by atoms with Crippen molar-refractivity contribution in [1.82, 2.24) is 0 Å². The molecule has 1 aliphatic rings. The van der Waals surface area contributed by atoms with E-state index in [-0.39, 0.29) is 16.8 Å². The van der Waals surface area contributed by atoms with Crippen molar-refractivity contribution in [3.63, 3.8) is 0 Å². The van der Waals surface area contributed by atoms with Crippen LogP contribution in [-0.2, 0) is 21.2 Å². The Morgan fingerprint density at radius 2 is 1.89 bits per heavy atom. The van der Waals surface area contributed by atoms with Crippen LogP contribution in [0.5, 0.6) is 0 Å². The lowest BCUT2D eigenvalue weighted by Gasteiger charge is -2.26. The Bertz CT molecular complexity index is 1050. The molecule has 0 fully saturated rings. The maximum atomic E-state index is 13.5. The van der Waals surface area contributed by atoms with E-state index in [0.29, 0.717) is 28.8 Å². The van der Waals surface area contributed by atoms with E-state index in [4.69, 9.17) is 0 Å². The molecule has 1 unspecified atom stereocenters. The molecule has 0 saturated carbocycles. The number of hydrogen-bond acceptors (Lipinski definition) is 3. The summed E-state index contributed by atoms with van der Waals surface area (Å²) in [4.78, 5) is 13.9. The Labute approximate surface area is 175 Å². The van der Waals surface area contributed by atoms with E-state index in [1.165, 1.54) is 11.2 Å². The number of anilines is 2. The topological polar surface area (TPSA) is 57.7 Å². The maximum absolute atomic E-state index is 13.5. The first kappa shape index (κ1) is 20.9. The molecule has 1 atom stereocenters. The summed E-state index contributed by atoms with van der Waals surface area (Å²) in [7, 11) is -3.80. The molecule has 0 aromatic heterocycles. The normalized spacial score (nSPS) is 16.2. The van der Waals surface area contributed by atoms with Gasteiger partial charge in [-0.05, 0) is 91.0 Å². The summed E-state index contributed by atoms with van der Waals surface area (Å²) in [6, 6.07) is 9.12. The molecule has 150 valence electrons. The van der Waals surface area contributed by atoms with Gasteiger partial charge in [0.05, 0.1) is 5.69 Å². The summed E-state index contributed by atoms with van der Waals surface area (Å²) >= 11 is 3.45. The average molecular weight is 465 g/mol. The Kier molecular flexibility index (Phi) is 5.60. The van der Waals surface area contributed by atoms with Crippen LogP contribution in [0, 0.1) is 13.8 Å². The van der Waals surface area contributed by atoms with Gasteiger partial charge in [0.25, 0.3) is 10.0 Å². The van der Waals surface area contributed by atoms with Crippen LogP contribution in [0.3, 0.4) is 0 Å². The SMILES string of the molecule is CCN(c1ccc(C)c(C)c1)S(=O)(=O)c1cc2c(cc1Br)CC(C)N2C(C)=O. The van der Waals surface area contributed by atoms with Crippen molar-refractivity contribution in [2.45, 2.75) is 52.0 Å². The number of sulfonamides is 1. The molecule has 0 N–H and O–H groups in total. The quantitative estimate of drug-likeness (QED) is 0.665.